The third kappa shape index (κ3) is 2.97. The number of rotatable bonds is 3. The van der Waals surface area contributed by atoms with Gasteiger partial charge in [0.1, 0.15) is 5.75 Å². The molecule has 104 valence electrons. The van der Waals surface area contributed by atoms with Crippen LogP contribution in [-0.2, 0) is 0 Å². The highest BCUT2D eigenvalue weighted by Crippen LogP contribution is 2.25. The molecule has 2 aromatic heterocycles. The number of hydrogen-bond acceptors (Lipinski definition) is 5. The SMILES string of the molecule is O=[N+]([O-])c1ccc2nc(Oc3cncc(Br)c3)ccc2c1. The minimum Gasteiger partial charge on any atom is -0.437 e. The van der Waals surface area contributed by atoms with Gasteiger partial charge in [0, 0.05) is 34.3 Å². The van der Waals surface area contributed by atoms with E-state index in [9.17, 15) is 10.1 Å². The van der Waals surface area contributed by atoms with Gasteiger partial charge in [-0.05, 0) is 34.1 Å². The topological polar surface area (TPSA) is 78.2 Å². The molecule has 0 aliphatic rings. The van der Waals surface area contributed by atoms with Crippen LogP contribution in [0.3, 0.4) is 0 Å². The van der Waals surface area contributed by atoms with Crippen molar-refractivity contribution < 1.29 is 9.66 Å². The van der Waals surface area contributed by atoms with Crippen LogP contribution in [-0.4, -0.2) is 14.9 Å². The number of aromatic nitrogens is 2. The van der Waals surface area contributed by atoms with Crippen LogP contribution in [0.5, 0.6) is 11.6 Å². The standard InChI is InChI=1S/C14H8BrN3O3/c15-10-6-12(8-16-7-10)21-14-4-1-9-5-11(18(19)20)2-3-13(9)17-14/h1-8H. The number of fused-ring (bicyclic) bond motifs is 1. The van der Waals surface area contributed by atoms with Crippen LogP contribution in [0, 0.1) is 10.1 Å². The van der Waals surface area contributed by atoms with E-state index in [0.29, 0.717) is 22.5 Å². The number of nitro groups is 1. The number of nitro benzene ring substituents is 1. The first-order chi connectivity index (χ1) is 10.1. The molecule has 0 saturated carbocycles. The van der Waals surface area contributed by atoms with Gasteiger partial charge in [0.05, 0.1) is 16.6 Å². The van der Waals surface area contributed by atoms with Crippen LogP contribution >= 0.6 is 15.9 Å². The molecule has 2 heterocycles. The van der Waals surface area contributed by atoms with E-state index < -0.39 is 4.92 Å². The minimum atomic E-state index is -0.434. The molecule has 0 unspecified atom stereocenters. The predicted octanol–water partition coefficient (Wildman–Crippen LogP) is 4.09. The number of pyridine rings is 2. The summed E-state index contributed by atoms with van der Waals surface area (Å²) in [6.07, 6.45) is 3.23. The number of non-ortho nitro benzene ring substituents is 1. The van der Waals surface area contributed by atoms with Crippen molar-refractivity contribution in [1.29, 1.82) is 0 Å². The van der Waals surface area contributed by atoms with E-state index in [-0.39, 0.29) is 5.69 Å². The van der Waals surface area contributed by atoms with Crippen LogP contribution in [0.2, 0.25) is 0 Å². The van der Waals surface area contributed by atoms with Gasteiger partial charge in [0.25, 0.3) is 5.69 Å². The Morgan fingerprint density at radius 3 is 2.76 bits per heavy atom. The van der Waals surface area contributed by atoms with Crippen LogP contribution < -0.4 is 4.74 Å². The van der Waals surface area contributed by atoms with E-state index in [2.05, 4.69) is 25.9 Å². The van der Waals surface area contributed by atoms with Gasteiger partial charge in [-0.15, -0.1) is 0 Å². The predicted molar refractivity (Wildman–Crippen MR) is 80.4 cm³/mol. The normalized spacial score (nSPS) is 10.5. The molecule has 1 aromatic carbocycles. The highest BCUT2D eigenvalue weighted by Gasteiger charge is 2.08. The van der Waals surface area contributed by atoms with Gasteiger partial charge in [-0.3, -0.25) is 15.1 Å². The monoisotopic (exact) mass is 345 g/mol. The lowest BCUT2D eigenvalue weighted by Crippen LogP contribution is -1.91. The third-order valence-electron chi connectivity index (χ3n) is 2.76. The van der Waals surface area contributed by atoms with Gasteiger partial charge in [-0.2, -0.15) is 0 Å². The van der Waals surface area contributed by atoms with E-state index >= 15 is 0 Å². The van der Waals surface area contributed by atoms with Crippen molar-refractivity contribution in [1.82, 2.24) is 9.97 Å². The average Bonchev–Trinajstić information content (AvgIpc) is 2.46. The summed E-state index contributed by atoms with van der Waals surface area (Å²) in [6.45, 7) is 0. The second-order valence-corrected chi connectivity index (χ2v) is 5.14. The maximum Gasteiger partial charge on any atom is 0.270 e. The molecule has 0 amide bonds. The number of hydrogen-bond donors (Lipinski definition) is 0. The van der Waals surface area contributed by atoms with E-state index in [1.54, 1.807) is 36.7 Å². The second-order valence-electron chi connectivity index (χ2n) is 4.22. The maximum absolute atomic E-state index is 10.7. The Morgan fingerprint density at radius 2 is 2.00 bits per heavy atom. The summed E-state index contributed by atoms with van der Waals surface area (Å²) in [5, 5.41) is 11.4. The first-order valence-corrected chi connectivity index (χ1v) is 6.75. The first kappa shape index (κ1) is 13.4. The number of benzene rings is 1. The Morgan fingerprint density at radius 1 is 1.14 bits per heavy atom. The minimum absolute atomic E-state index is 0.0363. The maximum atomic E-state index is 10.7. The first-order valence-electron chi connectivity index (χ1n) is 5.95. The summed E-state index contributed by atoms with van der Waals surface area (Å²) >= 11 is 3.31. The van der Waals surface area contributed by atoms with Crippen molar-refractivity contribution in [2.45, 2.75) is 0 Å². The van der Waals surface area contributed by atoms with Crippen LogP contribution in [0.1, 0.15) is 0 Å². The van der Waals surface area contributed by atoms with Gasteiger partial charge < -0.3 is 4.74 Å². The zero-order valence-corrected chi connectivity index (χ0v) is 12.1. The zero-order chi connectivity index (χ0) is 14.8. The molecule has 7 heteroatoms. The molecule has 0 fully saturated rings. The Balaban J connectivity index is 1.94. The van der Waals surface area contributed by atoms with E-state index in [1.165, 1.54) is 12.1 Å². The number of nitrogens with zero attached hydrogens (tertiary/aromatic N) is 3. The van der Waals surface area contributed by atoms with Crippen molar-refractivity contribution >= 4 is 32.5 Å². The molecule has 0 saturated heterocycles. The Labute approximate surface area is 127 Å². The molecule has 0 N–H and O–H groups in total. The van der Waals surface area contributed by atoms with Crippen LogP contribution in [0.25, 0.3) is 10.9 Å². The smallest absolute Gasteiger partial charge is 0.270 e. The third-order valence-corrected chi connectivity index (χ3v) is 3.19. The van der Waals surface area contributed by atoms with Gasteiger partial charge in [-0.1, -0.05) is 0 Å². The average molecular weight is 346 g/mol. The van der Waals surface area contributed by atoms with Crippen LogP contribution in [0.15, 0.2) is 53.3 Å². The molecular weight excluding hydrogens is 338 g/mol. The molecule has 0 radical (unpaired) electrons. The van der Waals surface area contributed by atoms with Crippen molar-refractivity contribution in [3.05, 3.63) is 63.4 Å². The van der Waals surface area contributed by atoms with E-state index in [0.717, 1.165) is 4.47 Å². The summed E-state index contributed by atoms with van der Waals surface area (Å²) in [5.74, 6) is 0.953. The molecular formula is C14H8BrN3O3. The summed E-state index contributed by atoms with van der Waals surface area (Å²) in [5.41, 5.74) is 0.662. The molecule has 6 nitrogen and oxygen atoms in total. The number of ether oxygens (including phenoxy) is 1. The summed E-state index contributed by atoms with van der Waals surface area (Å²) in [6, 6.07) is 9.66. The lowest BCUT2D eigenvalue weighted by Gasteiger charge is -2.05. The zero-order valence-electron chi connectivity index (χ0n) is 10.6. The van der Waals surface area contributed by atoms with Gasteiger partial charge >= 0.3 is 0 Å². The molecule has 21 heavy (non-hydrogen) atoms. The summed E-state index contributed by atoms with van der Waals surface area (Å²) in [7, 11) is 0. The van der Waals surface area contributed by atoms with Gasteiger partial charge in [-0.25, -0.2) is 4.98 Å². The van der Waals surface area contributed by atoms with Crippen LogP contribution in [0.4, 0.5) is 5.69 Å². The van der Waals surface area contributed by atoms with E-state index in [4.69, 9.17) is 4.74 Å². The van der Waals surface area contributed by atoms with Crippen molar-refractivity contribution in [2.75, 3.05) is 0 Å². The fraction of sp³-hybridized carbons (Fsp3) is 0. The summed E-state index contributed by atoms with van der Waals surface area (Å²) in [4.78, 5) is 18.6. The van der Waals surface area contributed by atoms with Crippen molar-refractivity contribution in [3.63, 3.8) is 0 Å². The second kappa shape index (κ2) is 5.45. The lowest BCUT2D eigenvalue weighted by atomic mass is 10.2. The molecule has 0 spiro atoms. The van der Waals surface area contributed by atoms with Gasteiger partial charge in [0.2, 0.25) is 5.88 Å². The van der Waals surface area contributed by atoms with E-state index in [1.807, 2.05) is 0 Å². The van der Waals surface area contributed by atoms with Crippen molar-refractivity contribution in [3.8, 4) is 11.6 Å². The quantitative estimate of drug-likeness (QED) is 0.527. The Hall–Kier alpha value is -2.54. The highest BCUT2D eigenvalue weighted by molar-refractivity contribution is 9.10. The largest absolute Gasteiger partial charge is 0.437 e. The Kier molecular flexibility index (Phi) is 3.49. The van der Waals surface area contributed by atoms with Gasteiger partial charge in [0.15, 0.2) is 0 Å². The molecule has 0 atom stereocenters. The highest BCUT2D eigenvalue weighted by atomic mass is 79.9. The molecule has 0 bridgehead atoms. The molecule has 3 rings (SSSR count). The molecule has 0 aliphatic heterocycles. The number of halogens is 1. The summed E-state index contributed by atoms with van der Waals surface area (Å²) < 4.78 is 6.41. The van der Waals surface area contributed by atoms with Crippen molar-refractivity contribution in [2.24, 2.45) is 0 Å². The Bertz CT molecular complexity index is 839. The molecule has 0 aliphatic carbocycles. The molecule has 3 aromatic rings. The lowest BCUT2D eigenvalue weighted by molar-refractivity contribution is -0.384. The fourth-order valence-electron chi connectivity index (χ4n) is 1.83. The fourth-order valence-corrected chi connectivity index (χ4v) is 2.18.